The molecule has 0 fully saturated rings. The summed E-state index contributed by atoms with van der Waals surface area (Å²) in [5, 5.41) is 4.36. The molecule has 0 spiro atoms. The molecule has 2 aromatic rings. The third kappa shape index (κ3) is 4.80. The van der Waals surface area contributed by atoms with E-state index in [1.807, 2.05) is 31.5 Å². The molecule has 0 saturated heterocycles. The van der Waals surface area contributed by atoms with Crippen molar-refractivity contribution in [1.29, 1.82) is 0 Å². The Balaban J connectivity index is 1.87. The van der Waals surface area contributed by atoms with Gasteiger partial charge in [0.25, 0.3) is 0 Å². The molecule has 23 heavy (non-hydrogen) atoms. The Kier molecular flexibility index (Phi) is 5.79. The van der Waals surface area contributed by atoms with Crippen molar-refractivity contribution >= 4 is 10.0 Å². The molecule has 7 heteroatoms. The first-order valence-corrected chi connectivity index (χ1v) is 9.14. The normalized spacial score (nSPS) is 11.6. The summed E-state index contributed by atoms with van der Waals surface area (Å²) >= 11 is 0. The SMILES string of the molecule is CCOc1ccc(S(=O)(=O)NCCCn2nc(C)cc2C)cc1. The Morgan fingerprint density at radius 3 is 2.48 bits per heavy atom. The number of aryl methyl sites for hydroxylation is 3. The quantitative estimate of drug-likeness (QED) is 0.750. The molecule has 0 amide bonds. The van der Waals surface area contributed by atoms with Gasteiger partial charge >= 0.3 is 0 Å². The van der Waals surface area contributed by atoms with Gasteiger partial charge in [-0.25, -0.2) is 13.1 Å². The molecule has 1 aromatic heterocycles. The van der Waals surface area contributed by atoms with E-state index in [9.17, 15) is 8.42 Å². The fraction of sp³-hybridized carbons (Fsp3) is 0.438. The number of aromatic nitrogens is 2. The molecule has 1 aromatic carbocycles. The van der Waals surface area contributed by atoms with Gasteiger partial charge in [-0.2, -0.15) is 5.10 Å². The molecule has 0 aliphatic carbocycles. The maximum absolute atomic E-state index is 12.2. The highest BCUT2D eigenvalue weighted by molar-refractivity contribution is 7.89. The van der Waals surface area contributed by atoms with E-state index < -0.39 is 10.0 Å². The lowest BCUT2D eigenvalue weighted by atomic mass is 10.3. The fourth-order valence-electron chi connectivity index (χ4n) is 2.30. The van der Waals surface area contributed by atoms with Gasteiger partial charge in [0, 0.05) is 18.8 Å². The summed E-state index contributed by atoms with van der Waals surface area (Å²) < 4.78 is 34.2. The van der Waals surface area contributed by atoms with Gasteiger partial charge in [0.1, 0.15) is 5.75 Å². The monoisotopic (exact) mass is 337 g/mol. The van der Waals surface area contributed by atoms with Crippen LogP contribution in [0.1, 0.15) is 24.7 Å². The molecule has 0 bridgehead atoms. The highest BCUT2D eigenvalue weighted by Crippen LogP contribution is 2.15. The predicted molar refractivity (Wildman–Crippen MR) is 89.1 cm³/mol. The van der Waals surface area contributed by atoms with Crippen LogP contribution in [0.4, 0.5) is 0 Å². The molecule has 1 N–H and O–H groups in total. The standard InChI is InChI=1S/C16H23N3O3S/c1-4-22-15-6-8-16(9-7-15)23(20,21)17-10-5-11-19-14(3)12-13(2)18-19/h6-9,12,17H,4-5,10-11H2,1-3H3. The van der Waals surface area contributed by atoms with Crippen molar-refractivity contribution < 1.29 is 13.2 Å². The number of hydrogen-bond acceptors (Lipinski definition) is 4. The predicted octanol–water partition coefficient (Wildman–Crippen LogP) is 2.27. The maximum atomic E-state index is 12.2. The number of benzene rings is 1. The molecular weight excluding hydrogens is 314 g/mol. The van der Waals surface area contributed by atoms with E-state index in [-0.39, 0.29) is 4.90 Å². The molecule has 0 radical (unpaired) electrons. The minimum atomic E-state index is -3.49. The van der Waals surface area contributed by atoms with Crippen LogP contribution in [0.3, 0.4) is 0 Å². The van der Waals surface area contributed by atoms with Crippen molar-refractivity contribution in [2.75, 3.05) is 13.2 Å². The Bertz CT molecular complexity index is 736. The van der Waals surface area contributed by atoms with Crippen LogP contribution in [0.25, 0.3) is 0 Å². The first-order chi connectivity index (χ1) is 10.9. The minimum Gasteiger partial charge on any atom is -0.494 e. The lowest BCUT2D eigenvalue weighted by Gasteiger charge is -2.09. The van der Waals surface area contributed by atoms with Crippen molar-refractivity contribution in [1.82, 2.24) is 14.5 Å². The summed E-state index contributed by atoms with van der Waals surface area (Å²) in [4.78, 5) is 0.243. The third-order valence-electron chi connectivity index (χ3n) is 3.39. The van der Waals surface area contributed by atoms with Crippen molar-refractivity contribution in [3.05, 3.63) is 41.7 Å². The van der Waals surface area contributed by atoms with Crippen LogP contribution in [-0.2, 0) is 16.6 Å². The number of sulfonamides is 1. The smallest absolute Gasteiger partial charge is 0.240 e. The van der Waals surface area contributed by atoms with Crippen molar-refractivity contribution in [2.45, 2.75) is 38.6 Å². The molecule has 6 nitrogen and oxygen atoms in total. The van der Waals surface area contributed by atoms with E-state index >= 15 is 0 Å². The molecule has 0 unspecified atom stereocenters. The van der Waals surface area contributed by atoms with Gasteiger partial charge in [-0.05, 0) is 57.5 Å². The van der Waals surface area contributed by atoms with Gasteiger partial charge in [-0.15, -0.1) is 0 Å². The molecule has 0 saturated carbocycles. The average molecular weight is 337 g/mol. The van der Waals surface area contributed by atoms with E-state index in [1.165, 1.54) is 0 Å². The van der Waals surface area contributed by atoms with E-state index in [0.717, 1.165) is 11.4 Å². The molecular formula is C16H23N3O3S. The van der Waals surface area contributed by atoms with E-state index in [1.54, 1.807) is 24.3 Å². The molecule has 126 valence electrons. The van der Waals surface area contributed by atoms with E-state index in [4.69, 9.17) is 4.74 Å². The largest absolute Gasteiger partial charge is 0.494 e. The van der Waals surface area contributed by atoms with Gasteiger partial charge in [0.15, 0.2) is 0 Å². The highest BCUT2D eigenvalue weighted by Gasteiger charge is 2.13. The molecule has 0 atom stereocenters. The number of ether oxygens (including phenoxy) is 1. The number of rotatable bonds is 8. The van der Waals surface area contributed by atoms with Crippen LogP contribution in [0.15, 0.2) is 35.2 Å². The van der Waals surface area contributed by atoms with Crippen LogP contribution in [0.5, 0.6) is 5.75 Å². The van der Waals surface area contributed by atoms with Crippen LogP contribution < -0.4 is 9.46 Å². The molecule has 2 rings (SSSR count). The lowest BCUT2D eigenvalue weighted by molar-refractivity contribution is 0.340. The van der Waals surface area contributed by atoms with Gasteiger partial charge in [0.05, 0.1) is 17.2 Å². The Hall–Kier alpha value is -1.86. The third-order valence-corrected chi connectivity index (χ3v) is 4.86. The van der Waals surface area contributed by atoms with Gasteiger partial charge in [-0.3, -0.25) is 4.68 Å². The Morgan fingerprint density at radius 2 is 1.91 bits per heavy atom. The summed E-state index contributed by atoms with van der Waals surface area (Å²) in [5.41, 5.74) is 2.05. The van der Waals surface area contributed by atoms with Gasteiger partial charge in [0.2, 0.25) is 10.0 Å². The van der Waals surface area contributed by atoms with E-state index in [0.29, 0.717) is 31.9 Å². The second-order valence-corrected chi connectivity index (χ2v) is 7.07. The van der Waals surface area contributed by atoms with Crippen molar-refractivity contribution in [3.8, 4) is 5.75 Å². The topological polar surface area (TPSA) is 73.2 Å². The second-order valence-electron chi connectivity index (χ2n) is 5.31. The Morgan fingerprint density at radius 1 is 1.22 bits per heavy atom. The number of nitrogens with zero attached hydrogens (tertiary/aromatic N) is 2. The van der Waals surface area contributed by atoms with Gasteiger partial charge in [-0.1, -0.05) is 0 Å². The van der Waals surface area contributed by atoms with Crippen LogP contribution in [0, 0.1) is 13.8 Å². The first kappa shape index (κ1) is 17.5. The number of hydrogen-bond donors (Lipinski definition) is 1. The van der Waals surface area contributed by atoms with E-state index in [2.05, 4.69) is 9.82 Å². The van der Waals surface area contributed by atoms with Crippen molar-refractivity contribution in [3.63, 3.8) is 0 Å². The van der Waals surface area contributed by atoms with Crippen LogP contribution in [-0.4, -0.2) is 31.3 Å². The zero-order valence-corrected chi connectivity index (χ0v) is 14.6. The average Bonchev–Trinajstić information content (AvgIpc) is 2.82. The van der Waals surface area contributed by atoms with Crippen LogP contribution in [0.2, 0.25) is 0 Å². The summed E-state index contributed by atoms with van der Waals surface area (Å²) in [6, 6.07) is 8.43. The van der Waals surface area contributed by atoms with Crippen molar-refractivity contribution in [2.24, 2.45) is 0 Å². The molecule has 0 aliphatic rings. The summed E-state index contributed by atoms with van der Waals surface area (Å²) in [6.07, 6.45) is 0.679. The zero-order valence-electron chi connectivity index (χ0n) is 13.7. The van der Waals surface area contributed by atoms with Crippen LogP contribution >= 0.6 is 0 Å². The Labute approximate surface area is 137 Å². The summed E-state index contributed by atoms with van der Waals surface area (Å²) in [6.45, 7) is 7.42. The maximum Gasteiger partial charge on any atom is 0.240 e. The lowest BCUT2D eigenvalue weighted by Crippen LogP contribution is -2.25. The molecule has 1 heterocycles. The fourth-order valence-corrected chi connectivity index (χ4v) is 3.38. The summed E-state index contributed by atoms with van der Waals surface area (Å²) in [5.74, 6) is 0.663. The zero-order chi connectivity index (χ0) is 16.9. The highest BCUT2D eigenvalue weighted by atomic mass is 32.2. The number of nitrogens with one attached hydrogen (secondary N) is 1. The van der Waals surface area contributed by atoms with Gasteiger partial charge < -0.3 is 4.74 Å². The molecule has 0 aliphatic heterocycles. The summed E-state index contributed by atoms with van der Waals surface area (Å²) in [7, 11) is -3.49. The second kappa shape index (κ2) is 7.61. The minimum absolute atomic E-state index is 0.243. The first-order valence-electron chi connectivity index (χ1n) is 7.66.